The van der Waals surface area contributed by atoms with Crippen LogP contribution in [0.2, 0.25) is 0 Å². The van der Waals surface area contributed by atoms with Crippen LogP contribution in [-0.4, -0.2) is 18.8 Å². The summed E-state index contributed by atoms with van der Waals surface area (Å²) in [5.41, 5.74) is 8.06. The molecule has 0 spiro atoms. The molecule has 0 aliphatic carbocycles. The predicted molar refractivity (Wildman–Crippen MR) is 126 cm³/mol. The van der Waals surface area contributed by atoms with Crippen molar-refractivity contribution in [1.82, 2.24) is 0 Å². The molecule has 0 aromatic heterocycles. The molecule has 29 heavy (non-hydrogen) atoms. The second-order valence-electron chi connectivity index (χ2n) is 8.11. The smallest absolute Gasteiger partial charge is 0.0631 e. The number of hydrogen-bond acceptors (Lipinski definition) is 3. The zero-order valence-electron chi connectivity index (χ0n) is 17.5. The van der Waals surface area contributed by atoms with E-state index in [4.69, 9.17) is 0 Å². The summed E-state index contributed by atoms with van der Waals surface area (Å²) in [6, 6.07) is 24.9. The Balaban J connectivity index is 1.51. The lowest BCUT2D eigenvalue weighted by molar-refractivity contribution is 0.598. The topological polar surface area (TPSA) is 27.6 Å². The minimum Gasteiger partial charge on any atom is -0.366 e. The van der Waals surface area contributed by atoms with Crippen LogP contribution in [0.5, 0.6) is 0 Å². The van der Waals surface area contributed by atoms with Crippen LogP contribution in [0.15, 0.2) is 83.9 Å². The monoisotopic (exact) mass is 381 g/mol. The van der Waals surface area contributed by atoms with Gasteiger partial charge in [0.1, 0.15) is 0 Å². The van der Waals surface area contributed by atoms with Crippen LogP contribution < -0.4 is 10.2 Å². The van der Waals surface area contributed by atoms with Crippen molar-refractivity contribution in [3.63, 3.8) is 0 Å². The second-order valence-corrected chi connectivity index (χ2v) is 8.11. The zero-order chi connectivity index (χ0) is 20.4. The van der Waals surface area contributed by atoms with E-state index < -0.39 is 0 Å². The van der Waals surface area contributed by atoms with Crippen molar-refractivity contribution in [2.45, 2.75) is 26.3 Å². The molecular formula is C26H27N3. The summed E-state index contributed by atoms with van der Waals surface area (Å²) in [4.78, 5) is 6.99. The number of rotatable bonds is 4. The molecule has 0 saturated carbocycles. The van der Waals surface area contributed by atoms with Crippen LogP contribution in [0, 0.1) is 0 Å². The molecule has 0 amide bonds. The Morgan fingerprint density at radius 3 is 2.31 bits per heavy atom. The molecule has 3 nitrogen and oxygen atoms in total. The van der Waals surface area contributed by atoms with E-state index in [9.17, 15) is 0 Å². The molecule has 1 N–H and O–H groups in total. The van der Waals surface area contributed by atoms with Gasteiger partial charge in [0.25, 0.3) is 0 Å². The molecule has 3 aromatic carbocycles. The fourth-order valence-electron chi connectivity index (χ4n) is 3.73. The van der Waals surface area contributed by atoms with Crippen molar-refractivity contribution in [2.75, 3.05) is 17.3 Å². The number of hydrogen-bond donors (Lipinski definition) is 1. The number of aliphatic imine (C=N–C) groups is 1. The van der Waals surface area contributed by atoms with Gasteiger partial charge in [0.05, 0.1) is 11.2 Å². The van der Waals surface area contributed by atoms with Gasteiger partial charge in [-0.15, -0.1) is 0 Å². The molecule has 0 fully saturated rings. The summed E-state index contributed by atoms with van der Waals surface area (Å²) in [7, 11) is 2.15. The van der Waals surface area contributed by atoms with E-state index in [0.717, 1.165) is 22.6 Å². The molecule has 0 radical (unpaired) electrons. The van der Waals surface area contributed by atoms with Gasteiger partial charge in [0.15, 0.2) is 0 Å². The molecule has 1 aliphatic heterocycles. The van der Waals surface area contributed by atoms with Crippen LogP contribution in [0.25, 0.3) is 5.57 Å². The van der Waals surface area contributed by atoms with Crippen molar-refractivity contribution >= 4 is 34.5 Å². The predicted octanol–water partition coefficient (Wildman–Crippen LogP) is 6.81. The molecule has 3 aromatic rings. The molecule has 146 valence electrons. The van der Waals surface area contributed by atoms with E-state index in [1.54, 1.807) is 0 Å². The number of benzene rings is 3. The van der Waals surface area contributed by atoms with E-state index in [1.807, 2.05) is 36.5 Å². The third-order valence-electron chi connectivity index (χ3n) is 5.53. The van der Waals surface area contributed by atoms with Gasteiger partial charge in [-0.3, -0.25) is 4.99 Å². The Hall–Kier alpha value is -3.33. The first-order chi connectivity index (χ1) is 13.9. The van der Waals surface area contributed by atoms with Crippen molar-refractivity contribution in [3.05, 3.63) is 90.0 Å². The van der Waals surface area contributed by atoms with E-state index in [0.29, 0.717) is 0 Å². The maximum atomic E-state index is 4.66. The Morgan fingerprint density at radius 2 is 1.59 bits per heavy atom. The third-order valence-corrected chi connectivity index (χ3v) is 5.53. The fourth-order valence-corrected chi connectivity index (χ4v) is 3.73. The molecule has 0 bridgehead atoms. The van der Waals surface area contributed by atoms with Gasteiger partial charge >= 0.3 is 0 Å². The highest BCUT2D eigenvalue weighted by Gasteiger charge is 2.28. The summed E-state index contributed by atoms with van der Waals surface area (Å²) >= 11 is 0. The van der Waals surface area contributed by atoms with Crippen molar-refractivity contribution in [3.8, 4) is 0 Å². The van der Waals surface area contributed by atoms with Crippen molar-refractivity contribution in [1.29, 1.82) is 0 Å². The number of anilines is 3. The Bertz CT molecular complexity index is 1060. The summed E-state index contributed by atoms with van der Waals surface area (Å²) in [6.07, 6.45) is 4.27. The van der Waals surface area contributed by atoms with E-state index in [1.165, 1.54) is 16.8 Å². The first kappa shape index (κ1) is 19.0. The average Bonchev–Trinajstić information content (AvgIpc) is 2.72. The number of nitrogens with zero attached hydrogens (tertiary/aromatic N) is 2. The van der Waals surface area contributed by atoms with Gasteiger partial charge < -0.3 is 10.2 Å². The van der Waals surface area contributed by atoms with E-state index in [2.05, 4.69) is 91.6 Å². The highest BCUT2D eigenvalue weighted by molar-refractivity contribution is 5.88. The first-order valence-electron chi connectivity index (χ1n) is 9.96. The summed E-state index contributed by atoms with van der Waals surface area (Å²) < 4.78 is 0. The summed E-state index contributed by atoms with van der Waals surface area (Å²) in [5.74, 6) is 0. The van der Waals surface area contributed by atoms with Crippen molar-refractivity contribution < 1.29 is 0 Å². The Kier molecular flexibility index (Phi) is 4.98. The summed E-state index contributed by atoms with van der Waals surface area (Å²) in [6.45, 7) is 6.67. The normalized spacial score (nSPS) is 15.2. The number of para-hydroxylation sites is 1. The third kappa shape index (κ3) is 4.09. The minimum atomic E-state index is 0.0300. The van der Waals surface area contributed by atoms with Gasteiger partial charge in [-0.2, -0.15) is 0 Å². The maximum Gasteiger partial charge on any atom is 0.0631 e. The van der Waals surface area contributed by atoms with Gasteiger partial charge in [0, 0.05) is 35.9 Å². The molecule has 3 heteroatoms. The number of allylic oxidation sites excluding steroid dienone is 1. The minimum absolute atomic E-state index is 0.0300. The number of fused-ring (bicyclic) bond motifs is 1. The van der Waals surface area contributed by atoms with Crippen LogP contribution in [0.4, 0.5) is 22.7 Å². The number of nitrogens with one attached hydrogen (secondary N) is 1. The quantitative estimate of drug-likeness (QED) is 0.503. The Morgan fingerprint density at radius 1 is 0.897 bits per heavy atom. The van der Waals surface area contributed by atoms with Crippen LogP contribution in [0.1, 0.15) is 31.9 Å². The van der Waals surface area contributed by atoms with Crippen LogP contribution in [-0.2, 0) is 0 Å². The molecule has 0 atom stereocenters. The molecule has 0 saturated heterocycles. The largest absolute Gasteiger partial charge is 0.366 e. The van der Waals surface area contributed by atoms with E-state index in [-0.39, 0.29) is 5.54 Å². The molecule has 4 rings (SSSR count). The highest BCUT2D eigenvalue weighted by atomic mass is 15.2. The number of likely N-dealkylation sites (N-methyl/N-ethyl adjacent to an activating group) is 1. The molecule has 1 aliphatic rings. The van der Waals surface area contributed by atoms with Crippen molar-refractivity contribution in [2.24, 2.45) is 4.99 Å². The molecule has 0 unspecified atom stereocenters. The standard InChI is InChI=1S/C26H27N3/c1-19-17-26(2,3)29(4)25-15-10-20(16-24(19)25)18-27-21-11-13-23(14-12-21)28-22-8-6-5-7-9-22/h5-18,28H,1-4H3. The molecule has 1 heterocycles. The average molecular weight is 382 g/mol. The first-order valence-corrected chi connectivity index (χ1v) is 9.96. The maximum absolute atomic E-state index is 4.66. The fraction of sp³-hybridized carbons (Fsp3) is 0.192. The highest BCUT2D eigenvalue weighted by Crippen LogP contribution is 2.38. The SMILES string of the molecule is CC1=CC(C)(C)N(C)c2ccc(C=Nc3ccc(Nc4ccccc4)cc3)cc21. The lowest BCUT2D eigenvalue weighted by Gasteiger charge is -2.40. The molecular weight excluding hydrogens is 354 g/mol. The van der Waals surface area contributed by atoms with Gasteiger partial charge in [0.2, 0.25) is 0 Å². The zero-order valence-corrected chi connectivity index (χ0v) is 17.5. The Labute approximate surface area is 173 Å². The van der Waals surface area contributed by atoms with Gasteiger partial charge in [-0.1, -0.05) is 30.3 Å². The van der Waals surface area contributed by atoms with Gasteiger partial charge in [-0.05, 0) is 80.4 Å². The van der Waals surface area contributed by atoms with E-state index >= 15 is 0 Å². The lowest BCUT2D eigenvalue weighted by Crippen LogP contribution is -2.42. The van der Waals surface area contributed by atoms with Crippen LogP contribution in [0.3, 0.4) is 0 Å². The lowest BCUT2D eigenvalue weighted by atomic mass is 9.89. The van der Waals surface area contributed by atoms with Gasteiger partial charge in [-0.25, -0.2) is 0 Å². The summed E-state index contributed by atoms with van der Waals surface area (Å²) in [5, 5.41) is 3.39. The second kappa shape index (κ2) is 7.59. The van der Waals surface area contributed by atoms with Crippen LogP contribution >= 0.6 is 0 Å².